The van der Waals surface area contributed by atoms with E-state index in [1.54, 1.807) is 53.8 Å². The van der Waals surface area contributed by atoms with Gasteiger partial charge in [-0.1, -0.05) is 85.4 Å². The largest absolute Gasteiger partial charge is 0.351 e. The summed E-state index contributed by atoms with van der Waals surface area (Å²) in [6.07, 6.45) is 4.13. The monoisotopic (exact) mass is 635 g/mol. The maximum atomic E-state index is 13.8. The lowest BCUT2D eigenvalue weighted by atomic mass is 9.97. The molecular formula is C33H35Cl2N5O4. The van der Waals surface area contributed by atoms with E-state index in [1.807, 2.05) is 43.5 Å². The predicted octanol–water partition coefficient (Wildman–Crippen LogP) is 6.87. The quantitative estimate of drug-likeness (QED) is 0.127. The third kappa shape index (κ3) is 8.45. The van der Waals surface area contributed by atoms with Gasteiger partial charge in [0.05, 0.1) is 27.7 Å². The molecule has 3 aromatic carbocycles. The zero-order valence-electron chi connectivity index (χ0n) is 24.9. The molecule has 0 unspecified atom stereocenters. The molecule has 0 bridgehead atoms. The summed E-state index contributed by atoms with van der Waals surface area (Å²) >= 11 is 12.8. The summed E-state index contributed by atoms with van der Waals surface area (Å²) in [7, 11) is 0. The number of carbonyl (C=O) groups excluding carboxylic acids is 2. The fraction of sp³-hybridized carbons (Fsp3) is 0.303. The van der Waals surface area contributed by atoms with Crippen LogP contribution in [0.4, 0.5) is 5.69 Å². The number of hydrogen-bond acceptors (Lipinski definition) is 5. The Bertz CT molecular complexity index is 1610. The summed E-state index contributed by atoms with van der Waals surface area (Å²) in [6, 6.07) is 18.7. The van der Waals surface area contributed by atoms with Crippen molar-refractivity contribution in [2.45, 2.75) is 52.7 Å². The summed E-state index contributed by atoms with van der Waals surface area (Å²) < 4.78 is 1.84. The summed E-state index contributed by atoms with van der Waals surface area (Å²) in [4.78, 5) is 43.7. The zero-order chi connectivity index (χ0) is 31.8. The highest BCUT2D eigenvalue weighted by Gasteiger charge is 2.26. The Morgan fingerprint density at radius 3 is 2.43 bits per heavy atom. The van der Waals surface area contributed by atoms with Gasteiger partial charge in [-0.2, -0.15) is 0 Å². The molecule has 11 heteroatoms. The molecule has 2 amide bonds. The third-order valence-corrected chi connectivity index (χ3v) is 8.57. The molecule has 0 spiro atoms. The van der Waals surface area contributed by atoms with Gasteiger partial charge in [0.15, 0.2) is 0 Å². The van der Waals surface area contributed by atoms with E-state index in [1.165, 1.54) is 12.1 Å². The second-order valence-corrected chi connectivity index (χ2v) is 11.7. The van der Waals surface area contributed by atoms with Crippen molar-refractivity contribution in [3.8, 4) is 0 Å². The molecule has 0 aliphatic rings. The number of benzene rings is 3. The van der Waals surface area contributed by atoms with Crippen molar-refractivity contribution in [3.05, 3.63) is 127 Å². The molecular weight excluding hydrogens is 601 g/mol. The van der Waals surface area contributed by atoms with Crippen LogP contribution in [0.1, 0.15) is 53.0 Å². The first-order valence-corrected chi connectivity index (χ1v) is 15.1. The molecule has 0 fully saturated rings. The molecule has 2 atom stereocenters. The highest BCUT2D eigenvalue weighted by Crippen LogP contribution is 2.27. The molecule has 9 nitrogen and oxygen atoms in total. The molecule has 0 aliphatic heterocycles. The van der Waals surface area contributed by atoms with Crippen molar-refractivity contribution in [3.63, 3.8) is 0 Å². The van der Waals surface area contributed by atoms with Crippen LogP contribution in [0.3, 0.4) is 0 Å². The normalized spacial score (nSPS) is 12.4. The van der Waals surface area contributed by atoms with Crippen molar-refractivity contribution in [1.29, 1.82) is 0 Å². The van der Waals surface area contributed by atoms with E-state index in [0.29, 0.717) is 33.4 Å². The molecule has 44 heavy (non-hydrogen) atoms. The van der Waals surface area contributed by atoms with Crippen LogP contribution >= 0.6 is 23.2 Å². The smallest absolute Gasteiger partial charge is 0.269 e. The van der Waals surface area contributed by atoms with Gasteiger partial charge in [0.25, 0.3) is 11.6 Å². The number of nitrogens with one attached hydrogen (secondary N) is 1. The second kappa shape index (κ2) is 15.0. The SMILES string of the molecule is CC[C@H](C)[C@@H](CN(Cc1cccc(Cl)c1Cl)C(=O)c1ccc(C)cc1)NC(=O)Cc1cncn1Cc1ccc([N+](=O)[O-])cc1. The van der Waals surface area contributed by atoms with Crippen LogP contribution in [-0.2, 0) is 24.3 Å². The van der Waals surface area contributed by atoms with Crippen LogP contribution in [0.15, 0.2) is 79.3 Å². The van der Waals surface area contributed by atoms with Crippen LogP contribution in [0, 0.1) is 23.0 Å². The summed E-state index contributed by atoms with van der Waals surface area (Å²) in [6.45, 7) is 6.95. The van der Waals surface area contributed by atoms with Crippen LogP contribution in [-0.4, -0.2) is 43.8 Å². The average Bonchev–Trinajstić information content (AvgIpc) is 3.44. The minimum atomic E-state index is -0.441. The average molecular weight is 637 g/mol. The lowest BCUT2D eigenvalue weighted by Gasteiger charge is -2.32. The molecule has 230 valence electrons. The molecule has 1 aromatic heterocycles. The summed E-state index contributed by atoms with van der Waals surface area (Å²) in [5.74, 6) is -0.318. The molecule has 1 heterocycles. The Morgan fingerprint density at radius 1 is 1.07 bits per heavy atom. The molecule has 4 aromatic rings. The Morgan fingerprint density at radius 2 is 1.77 bits per heavy atom. The molecule has 0 saturated heterocycles. The highest BCUT2D eigenvalue weighted by molar-refractivity contribution is 6.42. The van der Waals surface area contributed by atoms with Gasteiger partial charge in [-0.25, -0.2) is 4.98 Å². The minimum absolute atomic E-state index is 0.0163. The standard InChI is InChI=1S/C33H35Cl2N5O4/c1-4-23(3)30(37-31(41)16-28-17-36-21-39(28)18-24-10-14-27(15-11-24)40(43)44)20-38(19-26-6-5-7-29(34)32(26)35)33(42)25-12-8-22(2)9-13-25/h5-15,17,21,23,30H,4,16,18-20H2,1-3H3,(H,37,41)/t23-,30+/m0/s1. The number of nitrogens with zero attached hydrogens (tertiary/aromatic N) is 4. The molecule has 0 radical (unpaired) electrons. The molecule has 0 saturated carbocycles. The predicted molar refractivity (Wildman–Crippen MR) is 172 cm³/mol. The third-order valence-electron chi connectivity index (χ3n) is 7.71. The first-order chi connectivity index (χ1) is 21.0. The van der Waals surface area contributed by atoms with Gasteiger partial charge in [0.2, 0.25) is 5.91 Å². The number of nitro benzene ring substituents is 1. The van der Waals surface area contributed by atoms with Crippen molar-refractivity contribution in [2.24, 2.45) is 5.92 Å². The number of non-ortho nitro benzene ring substituents is 1. The van der Waals surface area contributed by atoms with Gasteiger partial charge in [0, 0.05) is 55.3 Å². The second-order valence-electron chi connectivity index (χ2n) is 10.9. The Labute approximate surface area is 267 Å². The van der Waals surface area contributed by atoms with Crippen molar-refractivity contribution in [1.82, 2.24) is 19.8 Å². The van der Waals surface area contributed by atoms with Crippen molar-refractivity contribution in [2.75, 3.05) is 6.54 Å². The van der Waals surface area contributed by atoms with E-state index >= 15 is 0 Å². The number of rotatable bonds is 13. The lowest BCUT2D eigenvalue weighted by molar-refractivity contribution is -0.384. The number of amides is 2. The van der Waals surface area contributed by atoms with Gasteiger partial charge in [-0.15, -0.1) is 0 Å². The number of nitro groups is 1. The van der Waals surface area contributed by atoms with E-state index < -0.39 is 4.92 Å². The fourth-order valence-electron chi connectivity index (χ4n) is 4.84. The van der Waals surface area contributed by atoms with Crippen LogP contribution in [0.5, 0.6) is 0 Å². The number of halogens is 2. The van der Waals surface area contributed by atoms with Crippen molar-refractivity contribution >= 4 is 40.7 Å². The van der Waals surface area contributed by atoms with Gasteiger partial charge in [0.1, 0.15) is 0 Å². The number of carbonyl (C=O) groups is 2. The van der Waals surface area contributed by atoms with Gasteiger partial charge in [-0.3, -0.25) is 19.7 Å². The van der Waals surface area contributed by atoms with E-state index in [0.717, 1.165) is 17.5 Å². The summed E-state index contributed by atoms with van der Waals surface area (Å²) in [5.41, 5.74) is 3.85. The molecule has 1 N–H and O–H groups in total. The van der Waals surface area contributed by atoms with E-state index in [-0.39, 0.29) is 49.0 Å². The Kier molecular flexibility index (Phi) is 11.1. The van der Waals surface area contributed by atoms with E-state index in [2.05, 4.69) is 10.3 Å². The van der Waals surface area contributed by atoms with E-state index in [9.17, 15) is 19.7 Å². The number of imidazole rings is 1. The summed E-state index contributed by atoms with van der Waals surface area (Å²) in [5, 5.41) is 14.9. The highest BCUT2D eigenvalue weighted by atomic mass is 35.5. The number of aryl methyl sites for hydroxylation is 1. The van der Waals surface area contributed by atoms with Gasteiger partial charge < -0.3 is 14.8 Å². The minimum Gasteiger partial charge on any atom is -0.351 e. The van der Waals surface area contributed by atoms with E-state index in [4.69, 9.17) is 23.2 Å². The first kappa shape index (κ1) is 32.7. The maximum absolute atomic E-state index is 13.8. The molecule has 0 aliphatic carbocycles. The van der Waals surface area contributed by atoms with Crippen LogP contribution in [0.2, 0.25) is 10.0 Å². The van der Waals surface area contributed by atoms with Crippen LogP contribution in [0.25, 0.3) is 0 Å². The first-order valence-electron chi connectivity index (χ1n) is 14.4. The Balaban J connectivity index is 1.52. The zero-order valence-corrected chi connectivity index (χ0v) is 26.4. The number of aromatic nitrogens is 2. The topological polar surface area (TPSA) is 110 Å². The maximum Gasteiger partial charge on any atom is 0.269 e. The molecule has 4 rings (SSSR count). The van der Waals surface area contributed by atoms with Crippen molar-refractivity contribution < 1.29 is 14.5 Å². The Hall–Kier alpha value is -4.21. The fourth-order valence-corrected chi connectivity index (χ4v) is 5.22. The van der Waals surface area contributed by atoms with Gasteiger partial charge in [-0.05, 0) is 42.2 Å². The van der Waals surface area contributed by atoms with Crippen LogP contribution < -0.4 is 5.32 Å². The number of hydrogen-bond donors (Lipinski definition) is 1. The lowest BCUT2D eigenvalue weighted by Crippen LogP contribution is -2.49. The van der Waals surface area contributed by atoms with Gasteiger partial charge >= 0.3 is 0 Å².